The van der Waals surface area contributed by atoms with Crippen LogP contribution in [0.2, 0.25) is 5.02 Å². The van der Waals surface area contributed by atoms with Gasteiger partial charge in [0.05, 0.1) is 0 Å². The van der Waals surface area contributed by atoms with Gasteiger partial charge in [0.15, 0.2) is 6.10 Å². The molecule has 2 aromatic rings. The number of amides is 1. The maximum absolute atomic E-state index is 11.9. The minimum Gasteiger partial charge on any atom is -0.481 e. The van der Waals surface area contributed by atoms with E-state index < -0.39 is 23.3 Å². The number of H-pyrrole nitrogens is 2. The van der Waals surface area contributed by atoms with Crippen LogP contribution in [0, 0.1) is 0 Å². The number of carbonyl (C=O) groups excluding carboxylic acids is 1. The molecule has 1 amide bonds. The number of benzene rings is 1. The van der Waals surface area contributed by atoms with Gasteiger partial charge >= 0.3 is 5.69 Å². The predicted molar refractivity (Wildman–Crippen MR) is 77.9 cm³/mol. The summed E-state index contributed by atoms with van der Waals surface area (Å²) in [6.45, 7) is 1.52. The second kappa shape index (κ2) is 6.27. The van der Waals surface area contributed by atoms with Crippen LogP contribution in [-0.4, -0.2) is 22.0 Å². The number of carbonyl (C=O) groups is 1. The molecule has 0 saturated heterocycles. The van der Waals surface area contributed by atoms with Crippen LogP contribution >= 0.6 is 11.6 Å². The highest BCUT2D eigenvalue weighted by atomic mass is 35.5. The van der Waals surface area contributed by atoms with Crippen LogP contribution in [0.5, 0.6) is 5.75 Å². The summed E-state index contributed by atoms with van der Waals surface area (Å²) in [4.78, 5) is 38.5. The molecule has 0 aliphatic heterocycles. The molecule has 2 rings (SSSR count). The summed E-state index contributed by atoms with van der Waals surface area (Å²) in [5.74, 6) is -0.104. The van der Waals surface area contributed by atoms with E-state index in [4.69, 9.17) is 16.3 Å². The molecule has 110 valence electrons. The summed E-state index contributed by atoms with van der Waals surface area (Å²) in [6, 6.07) is 6.59. The third-order valence-electron chi connectivity index (χ3n) is 2.56. The van der Waals surface area contributed by atoms with Gasteiger partial charge < -0.3 is 15.0 Å². The van der Waals surface area contributed by atoms with Crippen LogP contribution in [0.3, 0.4) is 0 Å². The number of ether oxygens (including phenoxy) is 1. The Hall–Kier alpha value is -2.54. The van der Waals surface area contributed by atoms with Gasteiger partial charge in [0.1, 0.15) is 11.4 Å². The highest BCUT2D eigenvalue weighted by Crippen LogP contribution is 2.18. The van der Waals surface area contributed by atoms with Crippen molar-refractivity contribution < 1.29 is 9.53 Å². The summed E-state index contributed by atoms with van der Waals surface area (Å²) < 4.78 is 5.41. The number of hydrogen-bond acceptors (Lipinski definition) is 4. The largest absolute Gasteiger partial charge is 0.481 e. The van der Waals surface area contributed by atoms with E-state index in [1.165, 1.54) is 6.92 Å². The SMILES string of the molecule is C[C@@H](Oc1cccc(Cl)c1)C(=O)Nc1c[nH]c(=O)[nH]c1=O. The quantitative estimate of drug-likeness (QED) is 0.787. The molecule has 21 heavy (non-hydrogen) atoms. The van der Waals surface area contributed by atoms with Gasteiger partial charge in [-0.25, -0.2) is 4.79 Å². The van der Waals surface area contributed by atoms with E-state index in [0.29, 0.717) is 10.8 Å². The van der Waals surface area contributed by atoms with Crippen molar-refractivity contribution in [2.45, 2.75) is 13.0 Å². The van der Waals surface area contributed by atoms with Crippen molar-refractivity contribution in [3.05, 3.63) is 56.3 Å². The zero-order chi connectivity index (χ0) is 15.4. The molecule has 0 aliphatic carbocycles. The Balaban J connectivity index is 2.06. The highest BCUT2D eigenvalue weighted by Gasteiger charge is 2.16. The maximum atomic E-state index is 11.9. The number of nitrogens with one attached hydrogen (secondary N) is 3. The Kier molecular flexibility index (Phi) is 4.44. The van der Waals surface area contributed by atoms with Gasteiger partial charge in [-0.15, -0.1) is 0 Å². The predicted octanol–water partition coefficient (Wildman–Crippen LogP) is 1.12. The normalized spacial score (nSPS) is 11.7. The first-order valence-electron chi connectivity index (χ1n) is 6.01. The zero-order valence-electron chi connectivity index (χ0n) is 11.0. The lowest BCUT2D eigenvalue weighted by atomic mass is 10.3. The molecule has 0 unspecified atom stereocenters. The van der Waals surface area contributed by atoms with Gasteiger partial charge in [0, 0.05) is 11.2 Å². The smallest absolute Gasteiger partial charge is 0.325 e. The van der Waals surface area contributed by atoms with Crippen LogP contribution < -0.4 is 21.3 Å². The van der Waals surface area contributed by atoms with Crippen molar-refractivity contribution in [2.24, 2.45) is 0 Å². The lowest BCUT2D eigenvalue weighted by molar-refractivity contribution is -0.122. The molecule has 0 saturated carbocycles. The number of halogens is 1. The van der Waals surface area contributed by atoms with Crippen LogP contribution in [0.25, 0.3) is 0 Å². The summed E-state index contributed by atoms with van der Waals surface area (Å²) in [5.41, 5.74) is -1.41. The van der Waals surface area contributed by atoms with Crippen molar-refractivity contribution in [1.82, 2.24) is 9.97 Å². The minimum atomic E-state index is -0.852. The van der Waals surface area contributed by atoms with Crippen LogP contribution in [0.4, 0.5) is 5.69 Å². The first-order chi connectivity index (χ1) is 9.95. The third-order valence-corrected chi connectivity index (χ3v) is 2.79. The van der Waals surface area contributed by atoms with Gasteiger partial charge in [-0.1, -0.05) is 17.7 Å². The summed E-state index contributed by atoms with van der Waals surface area (Å²) >= 11 is 5.81. The molecule has 1 atom stereocenters. The first-order valence-corrected chi connectivity index (χ1v) is 6.38. The van der Waals surface area contributed by atoms with E-state index in [2.05, 4.69) is 10.3 Å². The van der Waals surface area contributed by atoms with Crippen LogP contribution in [-0.2, 0) is 4.79 Å². The van der Waals surface area contributed by atoms with Crippen molar-refractivity contribution in [2.75, 3.05) is 5.32 Å². The fraction of sp³-hybridized carbons (Fsp3) is 0.154. The third kappa shape index (κ3) is 3.96. The average Bonchev–Trinajstić information content (AvgIpc) is 2.41. The lowest BCUT2D eigenvalue weighted by Crippen LogP contribution is -2.33. The Labute approximate surface area is 123 Å². The Morgan fingerprint density at radius 3 is 2.81 bits per heavy atom. The molecule has 3 N–H and O–H groups in total. The van der Waals surface area contributed by atoms with Crippen molar-refractivity contribution in [3.8, 4) is 5.75 Å². The molecular formula is C13H12ClN3O4. The summed E-state index contributed by atoms with van der Waals surface area (Å²) in [6.07, 6.45) is 0.264. The van der Waals surface area contributed by atoms with Crippen molar-refractivity contribution in [3.63, 3.8) is 0 Å². The lowest BCUT2D eigenvalue weighted by Gasteiger charge is -2.14. The molecular weight excluding hydrogens is 298 g/mol. The monoisotopic (exact) mass is 309 g/mol. The van der Waals surface area contributed by atoms with E-state index >= 15 is 0 Å². The Morgan fingerprint density at radius 2 is 2.14 bits per heavy atom. The standard InChI is InChI=1S/C13H12ClN3O4/c1-7(21-9-4-2-3-8(14)5-9)11(18)16-10-6-15-13(20)17-12(10)19/h2-7H,1H3,(H,16,18)(H2,15,17,19,20)/t7-/m1/s1. The van der Waals surface area contributed by atoms with Gasteiger partial charge in [-0.3, -0.25) is 14.6 Å². The topological polar surface area (TPSA) is 104 Å². The fourth-order valence-corrected chi connectivity index (χ4v) is 1.72. The number of rotatable bonds is 4. The molecule has 0 bridgehead atoms. The van der Waals surface area contributed by atoms with Crippen molar-refractivity contribution in [1.29, 1.82) is 0 Å². The number of hydrogen-bond donors (Lipinski definition) is 3. The second-order valence-corrected chi connectivity index (χ2v) is 4.63. The van der Waals surface area contributed by atoms with Gasteiger partial charge in [-0.2, -0.15) is 0 Å². The summed E-state index contributed by atoms with van der Waals surface area (Å²) in [7, 11) is 0. The highest BCUT2D eigenvalue weighted by molar-refractivity contribution is 6.30. The molecule has 0 fully saturated rings. The van der Waals surface area contributed by atoms with Crippen LogP contribution in [0.15, 0.2) is 40.1 Å². The van der Waals surface area contributed by atoms with Gasteiger partial charge in [-0.05, 0) is 25.1 Å². The summed E-state index contributed by atoms with van der Waals surface area (Å²) in [5, 5.41) is 2.84. The molecule has 1 aromatic heterocycles. The van der Waals surface area contributed by atoms with E-state index in [1.54, 1.807) is 24.3 Å². The fourth-order valence-electron chi connectivity index (χ4n) is 1.53. The van der Waals surface area contributed by atoms with E-state index in [1.807, 2.05) is 4.98 Å². The van der Waals surface area contributed by atoms with E-state index in [0.717, 1.165) is 6.20 Å². The maximum Gasteiger partial charge on any atom is 0.325 e. The Morgan fingerprint density at radius 1 is 1.38 bits per heavy atom. The van der Waals surface area contributed by atoms with Gasteiger partial charge in [0.25, 0.3) is 11.5 Å². The second-order valence-electron chi connectivity index (χ2n) is 4.19. The molecule has 0 radical (unpaired) electrons. The first kappa shape index (κ1) is 14.9. The minimum absolute atomic E-state index is 0.0684. The number of aromatic amines is 2. The Bertz CT molecular complexity index is 768. The molecule has 7 nitrogen and oxygen atoms in total. The van der Waals surface area contributed by atoms with Gasteiger partial charge in [0.2, 0.25) is 0 Å². The van der Waals surface area contributed by atoms with Crippen molar-refractivity contribution >= 4 is 23.2 Å². The molecule has 8 heteroatoms. The van der Waals surface area contributed by atoms with E-state index in [9.17, 15) is 14.4 Å². The number of anilines is 1. The number of aromatic nitrogens is 2. The van der Waals surface area contributed by atoms with Crippen LogP contribution in [0.1, 0.15) is 6.92 Å². The molecule has 0 spiro atoms. The average molecular weight is 310 g/mol. The zero-order valence-corrected chi connectivity index (χ0v) is 11.7. The molecule has 0 aliphatic rings. The van der Waals surface area contributed by atoms with E-state index in [-0.39, 0.29) is 5.69 Å². The molecule has 1 heterocycles. The molecule has 1 aromatic carbocycles.